The second kappa shape index (κ2) is 5.06. The van der Waals surface area contributed by atoms with Crippen LogP contribution in [0, 0.1) is 5.92 Å². The lowest BCUT2D eigenvalue weighted by atomic mass is 10.1. The molecule has 1 fully saturated rings. The SMILES string of the molecule is NC1NC(=O)c2[nH]cc(C[NH+]3C[C@H](CO)[C@@H](O)C3)c2N1. The lowest BCUT2D eigenvalue weighted by Crippen LogP contribution is -3.09. The van der Waals surface area contributed by atoms with Crippen molar-refractivity contribution in [3.63, 3.8) is 0 Å². The Morgan fingerprint density at radius 1 is 1.40 bits per heavy atom. The van der Waals surface area contributed by atoms with Crippen LogP contribution in [-0.4, -0.2) is 53.2 Å². The predicted octanol–water partition coefficient (Wildman–Crippen LogP) is -3.22. The molecule has 1 aromatic heterocycles. The number of carbonyl (C=O) groups is 1. The molecule has 3 heterocycles. The van der Waals surface area contributed by atoms with Gasteiger partial charge in [0, 0.05) is 11.8 Å². The van der Waals surface area contributed by atoms with E-state index in [1.807, 2.05) is 0 Å². The average molecular weight is 282 g/mol. The molecule has 20 heavy (non-hydrogen) atoms. The van der Waals surface area contributed by atoms with Gasteiger partial charge in [0.05, 0.1) is 24.8 Å². The molecular formula is C12H20N5O3+. The average Bonchev–Trinajstić information content (AvgIpc) is 2.94. The van der Waals surface area contributed by atoms with Crippen LogP contribution in [-0.2, 0) is 6.54 Å². The topological polar surface area (TPSA) is 128 Å². The fourth-order valence-corrected chi connectivity index (χ4v) is 3.01. The van der Waals surface area contributed by atoms with Crippen LogP contribution in [0.3, 0.4) is 0 Å². The van der Waals surface area contributed by atoms with Crippen molar-refractivity contribution in [2.75, 3.05) is 25.0 Å². The van der Waals surface area contributed by atoms with Crippen LogP contribution in [0.15, 0.2) is 6.20 Å². The van der Waals surface area contributed by atoms with Crippen LogP contribution in [0.2, 0.25) is 0 Å². The number of H-pyrrole nitrogens is 1. The summed E-state index contributed by atoms with van der Waals surface area (Å²) in [5, 5.41) is 24.6. The zero-order chi connectivity index (χ0) is 14.3. The van der Waals surface area contributed by atoms with Gasteiger partial charge in [-0.1, -0.05) is 0 Å². The number of nitrogens with two attached hydrogens (primary N) is 1. The third-order valence-electron chi connectivity index (χ3n) is 4.04. The number of fused-ring (bicyclic) bond motifs is 1. The second-order valence-corrected chi connectivity index (χ2v) is 5.50. The molecule has 1 saturated heterocycles. The van der Waals surface area contributed by atoms with E-state index in [2.05, 4.69) is 15.6 Å². The third kappa shape index (κ3) is 2.27. The first-order valence-corrected chi connectivity index (χ1v) is 6.74. The lowest BCUT2D eigenvalue weighted by molar-refractivity contribution is -0.904. The number of nitrogens with one attached hydrogen (secondary N) is 4. The molecule has 2 aliphatic heterocycles. The number of hydrogen-bond donors (Lipinski definition) is 7. The van der Waals surface area contributed by atoms with E-state index in [0.717, 1.165) is 17.8 Å². The zero-order valence-electron chi connectivity index (χ0n) is 11.0. The fraction of sp³-hybridized carbons (Fsp3) is 0.583. The summed E-state index contributed by atoms with van der Waals surface area (Å²) in [5.74, 6) is -0.291. The maximum atomic E-state index is 11.8. The van der Waals surface area contributed by atoms with Gasteiger partial charge >= 0.3 is 0 Å². The van der Waals surface area contributed by atoms with Gasteiger partial charge in [-0.3, -0.25) is 10.5 Å². The Morgan fingerprint density at radius 2 is 2.20 bits per heavy atom. The van der Waals surface area contributed by atoms with Gasteiger partial charge in [-0.25, -0.2) is 0 Å². The molecule has 0 spiro atoms. The molecule has 4 atom stereocenters. The summed E-state index contributed by atoms with van der Waals surface area (Å²) in [5.41, 5.74) is 7.89. The summed E-state index contributed by atoms with van der Waals surface area (Å²) in [6.45, 7) is 1.99. The van der Waals surface area contributed by atoms with Crippen molar-refractivity contribution in [3.8, 4) is 0 Å². The summed E-state index contributed by atoms with van der Waals surface area (Å²) < 4.78 is 0. The Bertz CT molecular complexity index is 517. The highest BCUT2D eigenvalue weighted by molar-refractivity contribution is 6.00. The predicted molar refractivity (Wildman–Crippen MR) is 70.8 cm³/mol. The molecule has 2 unspecified atom stereocenters. The summed E-state index contributed by atoms with van der Waals surface area (Å²) in [6, 6.07) is 0. The monoisotopic (exact) mass is 282 g/mol. The largest absolute Gasteiger partial charge is 0.396 e. The first-order valence-electron chi connectivity index (χ1n) is 6.74. The van der Waals surface area contributed by atoms with E-state index in [1.54, 1.807) is 6.20 Å². The fourth-order valence-electron chi connectivity index (χ4n) is 3.01. The lowest BCUT2D eigenvalue weighted by Gasteiger charge is -2.23. The number of aliphatic hydroxyl groups is 2. The van der Waals surface area contributed by atoms with Crippen molar-refractivity contribution in [2.24, 2.45) is 11.7 Å². The molecule has 0 aliphatic carbocycles. The normalized spacial score (nSPS) is 32.6. The minimum Gasteiger partial charge on any atom is -0.396 e. The van der Waals surface area contributed by atoms with E-state index < -0.39 is 12.4 Å². The van der Waals surface area contributed by atoms with Gasteiger partial charge in [0.15, 0.2) is 6.29 Å². The zero-order valence-corrected chi connectivity index (χ0v) is 11.0. The molecule has 2 aliphatic rings. The number of quaternary nitrogens is 1. The van der Waals surface area contributed by atoms with E-state index in [9.17, 15) is 15.0 Å². The number of anilines is 1. The Kier molecular flexibility index (Phi) is 3.38. The first-order chi connectivity index (χ1) is 9.58. The molecule has 1 amide bonds. The van der Waals surface area contributed by atoms with Gasteiger partial charge < -0.3 is 30.7 Å². The van der Waals surface area contributed by atoms with Crippen molar-refractivity contribution in [1.29, 1.82) is 0 Å². The van der Waals surface area contributed by atoms with Crippen molar-refractivity contribution < 1.29 is 19.9 Å². The Morgan fingerprint density at radius 3 is 2.90 bits per heavy atom. The minimum atomic E-state index is -0.589. The Labute approximate surface area is 115 Å². The summed E-state index contributed by atoms with van der Waals surface area (Å²) >= 11 is 0. The number of aliphatic hydroxyl groups excluding tert-OH is 2. The van der Waals surface area contributed by atoms with Gasteiger partial charge in [-0.2, -0.15) is 0 Å². The quantitative estimate of drug-likeness (QED) is 0.314. The van der Waals surface area contributed by atoms with Crippen LogP contribution in [0.4, 0.5) is 5.69 Å². The molecule has 0 saturated carbocycles. The van der Waals surface area contributed by atoms with Crippen molar-refractivity contribution in [1.82, 2.24) is 10.3 Å². The second-order valence-electron chi connectivity index (χ2n) is 5.50. The minimum absolute atomic E-state index is 0.00143. The van der Waals surface area contributed by atoms with E-state index in [1.165, 1.54) is 4.90 Å². The molecule has 0 radical (unpaired) electrons. The van der Waals surface area contributed by atoms with Crippen molar-refractivity contribution in [3.05, 3.63) is 17.5 Å². The van der Waals surface area contributed by atoms with Gasteiger partial charge in [0.1, 0.15) is 24.9 Å². The number of aromatic amines is 1. The van der Waals surface area contributed by atoms with E-state index in [-0.39, 0.29) is 18.4 Å². The van der Waals surface area contributed by atoms with E-state index in [4.69, 9.17) is 5.73 Å². The van der Waals surface area contributed by atoms with Crippen LogP contribution in [0.1, 0.15) is 16.1 Å². The number of likely N-dealkylation sites (tertiary alicyclic amines) is 1. The Balaban J connectivity index is 1.75. The number of hydrogen-bond acceptors (Lipinski definition) is 5. The number of carbonyl (C=O) groups excluding carboxylic acids is 1. The third-order valence-corrected chi connectivity index (χ3v) is 4.04. The van der Waals surface area contributed by atoms with Crippen LogP contribution in [0.25, 0.3) is 0 Å². The molecule has 8 heteroatoms. The Hall–Kier alpha value is -1.61. The van der Waals surface area contributed by atoms with Crippen LogP contribution in [0.5, 0.6) is 0 Å². The molecule has 0 bridgehead atoms. The van der Waals surface area contributed by atoms with Crippen molar-refractivity contribution >= 4 is 11.6 Å². The number of aromatic nitrogens is 1. The smallest absolute Gasteiger partial charge is 0.272 e. The molecule has 1 aromatic rings. The number of amides is 1. The maximum Gasteiger partial charge on any atom is 0.272 e. The van der Waals surface area contributed by atoms with Gasteiger partial charge in [-0.05, 0) is 0 Å². The first kappa shape index (κ1) is 13.4. The summed E-state index contributed by atoms with van der Waals surface area (Å²) in [4.78, 5) is 15.9. The highest BCUT2D eigenvalue weighted by Crippen LogP contribution is 2.23. The van der Waals surface area contributed by atoms with Gasteiger partial charge in [0.25, 0.3) is 5.91 Å². The maximum absolute atomic E-state index is 11.8. The molecular weight excluding hydrogens is 262 g/mol. The summed E-state index contributed by atoms with van der Waals surface area (Å²) in [6.07, 6.45) is 0.734. The molecule has 8 N–H and O–H groups in total. The van der Waals surface area contributed by atoms with Crippen LogP contribution >= 0.6 is 0 Å². The highest BCUT2D eigenvalue weighted by atomic mass is 16.3. The van der Waals surface area contributed by atoms with E-state index >= 15 is 0 Å². The highest BCUT2D eigenvalue weighted by Gasteiger charge is 2.35. The molecule has 3 rings (SSSR count). The number of rotatable bonds is 3. The molecule has 8 nitrogen and oxygen atoms in total. The van der Waals surface area contributed by atoms with E-state index in [0.29, 0.717) is 18.8 Å². The standard InChI is InChI=1S/C12H19N5O3/c13-12-15-9-6(1-14-10(9)11(20)16-12)2-17-3-7(5-18)8(19)4-17/h1,7-8,12,14-15,18-19H,2-5,13H2,(H,16,20)/p+1/t7-,8+,12?/m1/s1. The molecule has 110 valence electrons. The molecule has 0 aromatic carbocycles. The summed E-state index contributed by atoms with van der Waals surface area (Å²) in [7, 11) is 0. The van der Waals surface area contributed by atoms with Gasteiger partial charge in [-0.15, -0.1) is 0 Å². The van der Waals surface area contributed by atoms with Crippen LogP contribution < -0.4 is 21.3 Å². The van der Waals surface area contributed by atoms with Crippen molar-refractivity contribution in [2.45, 2.75) is 18.9 Å². The van der Waals surface area contributed by atoms with Gasteiger partial charge in [0.2, 0.25) is 0 Å².